The molecule has 2 rings (SSSR count). The third-order valence-corrected chi connectivity index (χ3v) is 2.25. The normalized spacial score (nSPS) is 13.0. The summed E-state index contributed by atoms with van der Waals surface area (Å²) in [5.74, 6) is 0. The zero-order chi connectivity index (χ0) is 9.97. The van der Waals surface area contributed by atoms with Gasteiger partial charge in [0.25, 0.3) is 0 Å². The smallest absolute Gasteiger partial charge is 0.116 e. The van der Waals surface area contributed by atoms with Gasteiger partial charge < -0.3 is 0 Å². The molecule has 1 unspecified atom stereocenters. The largest absolute Gasteiger partial charge is 0.241 e. The maximum Gasteiger partial charge on any atom is 0.116 e. The number of rotatable bonds is 2. The van der Waals surface area contributed by atoms with Crippen molar-refractivity contribution in [2.24, 2.45) is 0 Å². The van der Waals surface area contributed by atoms with Crippen molar-refractivity contribution in [1.29, 1.82) is 0 Å². The van der Waals surface area contributed by atoms with Crippen LogP contribution in [0.2, 0.25) is 0 Å². The van der Waals surface area contributed by atoms with Crippen LogP contribution in [-0.4, -0.2) is 15.3 Å². The molecule has 14 heavy (non-hydrogen) atoms. The summed E-state index contributed by atoms with van der Waals surface area (Å²) in [6.45, 7) is 1.97. The topological polar surface area (TPSA) is 25.8 Å². The molecule has 1 aromatic heterocycles. The summed E-state index contributed by atoms with van der Waals surface area (Å²) < 4.78 is 0. The van der Waals surface area contributed by atoms with E-state index >= 15 is 0 Å². The molecule has 0 saturated carbocycles. The van der Waals surface area contributed by atoms with Crippen LogP contribution in [0.4, 0.5) is 0 Å². The summed E-state index contributed by atoms with van der Waals surface area (Å²) in [4.78, 5) is 8.45. The minimum Gasteiger partial charge on any atom is -0.241 e. The molecular formula is C11H11ClN2. The second-order valence-corrected chi connectivity index (χ2v) is 4.07. The van der Waals surface area contributed by atoms with Crippen molar-refractivity contribution in [3.8, 4) is 0 Å². The maximum atomic E-state index is 5.95. The van der Waals surface area contributed by atoms with E-state index in [0.29, 0.717) is 0 Å². The van der Waals surface area contributed by atoms with Gasteiger partial charge in [0.2, 0.25) is 0 Å². The lowest BCUT2D eigenvalue weighted by atomic mass is 10.1. The molecule has 2 nitrogen and oxygen atoms in total. The van der Waals surface area contributed by atoms with Crippen molar-refractivity contribution in [3.05, 3.63) is 36.3 Å². The second kappa shape index (κ2) is 3.93. The monoisotopic (exact) mass is 206 g/mol. The van der Waals surface area contributed by atoms with Crippen LogP contribution in [0.25, 0.3) is 10.9 Å². The number of halogens is 1. The number of nitrogens with zero attached hydrogens (tertiary/aromatic N) is 2. The molecule has 0 bridgehead atoms. The van der Waals surface area contributed by atoms with E-state index in [1.165, 1.54) is 0 Å². The Morgan fingerprint density at radius 1 is 1.29 bits per heavy atom. The highest BCUT2D eigenvalue weighted by molar-refractivity contribution is 6.20. The summed E-state index contributed by atoms with van der Waals surface area (Å²) in [5, 5.41) is 1.20. The first-order chi connectivity index (χ1) is 6.77. The number of aromatic nitrogens is 2. The molecule has 0 aliphatic rings. The standard InChI is InChI=1S/C11H11ClN2/c1-8(12)6-11-9-4-2-3-5-10(9)13-7-14-11/h2-5,7-8H,6H2,1H3. The predicted molar refractivity (Wildman–Crippen MR) is 58.6 cm³/mol. The number of benzene rings is 1. The van der Waals surface area contributed by atoms with Crippen LogP contribution in [0, 0.1) is 0 Å². The lowest BCUT2D eigenvalue weighted by Gasteiger charge is -2.05. The summed E-state index contributed by atoms with van der Waals surface area (Å²) in [7, 11) is 0. The van der Waals surface area contributed by atoms with Gasteiger partial charge in [0, 0.05) is 17.2 Å². The predicted octanol–water partition coefficient (Wildman–Crippen LogP) is 2.80. The first-order valence-corrected chi connectivity index (χ1v) is 5.03. The highest BCUT2D eigenvalue weighted by Crippen LogP contribution is 2.16. The van der Waals surface area contributed by atoms with E-state index < -0.39 is 0 Å². The van der Waals surface area contributed by atoms with Gasteiger partial charge in [-0.25, -0.2) is 9.97 Å². The Kier molecular flexibility index (Phi) is 2.64. The number of hydrogen-bond donors (Lipinski definition) is 0. The van der Waals surface area contributed by atoms with E-state index in [4.69, 9.17) is 11.6 Å². The maximum absolute atomic E-state index is 5.95. The molecule has 0 aliphatic heterocycles. The number of alkyl halides is 1. The Balaban J connectivity index is 2.53. The second-order valence-electron chi connectivity index (χ2n) is 3.32. The molecule has 0 spiro atoms. The first-order valence-electron chi connectivity index (χ1n) is 4.60. The minimum absolute atomic E-state index is 0.105. The average molecular weight is 207 g/mol. The molecule has 0 N–H and O–H groups in total. The van der Waals surface area contributed by atoms with Crippen LogP contribution in [-0.2, 0) is 6.42 Å². The van der Waals surface area contributed by atoms with Gasteiger partial charge >= 0.3 is 0 Å². The highest BCUT2D eigenvalue weighted by Gasteiger charge is 2.05. The van der Waals surface area contributed by atoms with Gasteiger partial charge in [-0.3, -0.25) is 0 Å². The van der Waals surface area contributed by atoms with Gasteiger partial charge in [0.1, 0.15) is 6.33 Å². The third-order valence-electron chi connectivity index (χ3n) is 2.10. The summed E-state index contributed by atoms with van der Waals surface area (Å²) in [6, 6.07) is 7.99. The number of para-hydroxylation sites is 1. The molecule has 0 fully saturated rings. The van der Waals surface area contributed by atoms with Crippen molar-refractivity contribution in [1.82, 2.24) is 9.97 Å². The Bertz CT molecular complexity index is 435. The molecule has 72 valence electrons. The molecule has 0 aliphatic carbocycles. The number of fused-ring (bicyclic) bond motifs is 1. The Labute approximate surface area is 88.0 Å². The van der Waals surface area contributed by atoms with Gasteiger partial charge in [0.15, 0.2) is 0 Å². The molecule has 0 amide bonds. The average Bonchev–Trinajstić information content (AvgIpc) is 2.18. The molecule has 0 radical (unpaired) electrons. The van der Waals surface area contributed by atoms with E-state index in [9.17, 15) is 0 Å². The fraction of sp³-hybridized carbons (Fsp3) is 0.273. The van der Waals surface area contributed by atoms with Gasteiger partial charge in [-0.15, -0.1) is 11.6 Å². The zero-order valence-electron chi connectivity index (χ0n) is 7.94. The van der Waals surface area contributed by atoms with Crippen LogP contribution >= 0.6 is 11.6 Å². The third kappa shape index (κ3) is 1.85. The molecule has 0 saturated heterocycles. The molecule has 1 atom stereocenters. The van der Waals surface area contributed by atoms with Gasteiger partial charge in [-0.1, -0.05) is 18.2 Å². The van der Waals surface area contributed by atoms with Gasteiger partial charge in [-0.05, 0) is 13.0 Å². The van der Waals surface area contributed by atoms with E-state index in [0.717, 1.165) is 23.0 Å². The first kappa shape index (κ1) is 9.41. The molecule has 2 aromatic rings. The van der Waals surface area contributed by atoms with Crippen molar-refractivity contribution in [2.45, 2.75) is 18.7 Å². The van der Waals surface area contributed by atoms with E-state index in [-0.39, 0.29) is 5.38 Å². The molecule has 1 heterocycles. The van der Waals surface area contributed by atoms with Crippen molar-refractivity contribution in [2.75, 3.05) is 0 Å². The van der Waals surface area contributed by atoms with Crippen molar-refractivity contribution < 1.29 is 0 Å². The fourth-order valence-corrected chi connectivity index (χ4v) is 1.64. The van der Waals surface area contributed by atoms with E-state index in [1.54, 1.807) is 6.33 Å². The highest BCUT2D eigenvalue weighted by atomic mass is 35.5. The van der Waals surface area contributed by atoms with Crippen LogP contribution in [0.3, 0.4) is 0 Å². The Morgan fingerprint density at radius 2 is 2.07 bits per heavy atom. The summed E-state index contributed by atoms with van der Waals surface area (Å²) >= 11 is 5.95. The lowest BCUT2D eigenvalue weighted by Crippen LogP contribution is -2.01. The molecule has 3 heteroatoms. The Morgan fingerprint density at radius 3 is 2.86 bits per heavy atom. The van der Waals surface area contributed by atoms with Crippen molar-refractivity contribution >= 4 is 22.5 Å². The molecular weight excluding hydrogens is 196 g/mol. The SMILES string of the molecule is CC(Cl)Cc1ncnc2ccccc12. The number of hydrogen-bond acceptors (Lipinski definition) is 2. The minimum atomic E-state index is 0.105. The van der Waals surface area contributed by atoms with Crippen molar-refractivity contribution in [3.63, 3.8) is 0 Å². The van der Waals surface area contributed by atoms with Crippen LogP contribution < -0.4 is 0 Å². The summed E-state index contributed by atoms with van der Waals surface area (Å²) in [5.41, 5.74) is 2.01. The molecule has 1 aromatic carbocycles. The fourth-order valence-electron chi connectivity index (χ4n) is 1.49. The van der Waals surface area contributed by atoms with E-state index in [2.05, 4.69) is 9.97 Å². The van der Waals surface area contributed by atoms with E-state index in [1.807, 2.05) is 31.2 Å². The van der Waals surface area contributed by atoms with Gasteiger partial charge in [0.05, 0.1) is 11.2 Å². The lowest BCUT2D eigenvalue weighted by molar-refractivity contribution is 0.895. The van der Waals surface area contributed by atoms with Gasteiger partial charge in [-0.2, -0.15) is 0 Å². The van der Waals surface area contributed by atoms with Crippen LogP contribution in [0.1, 0.15) is 12.6 Å². The summed E-state index contributed by atoms with van der Waals surface area (Å²) in [6.07, 6.45) is 2.38. The van der Waals surface area contributed by atoms with Crippen LogP contribution in [0.5, 0.6) is 0 Å². The quantitative estimate of drug-likeness (QED) is 0.707. The zero-order valence-corrected chi connectivity index (χ0v) is 8.70. The van der Waals surface area contributed by atoms with Crippen LogP contribution in [0.15, 0.2) is 30.6 Å². The Hall–Kier alpha value is -1.15.